The normalized spacial score (nSPS) is 19.8. The second-order valence-corrected chi connectivity index (χ2v) is 5.37. The highest BCUT2D eigenvalue weighted by Gasteiger charge is 2.31. The van der Waals surface area contributed by atoms with Gasteiger partial charge in [0.05, 0.1) is 12.8 Å². The van der Waals surface area contributed by atoms with Crippen LogP contribution in [0.15, 0.2) is 18.2 Å². The third-order valence-corrected chi connectivity index (χ3v) is 3.64. The molecule has 0 saturated carbocycles. The van der Waals surface area contributed by atoms with Crippen LogP contribution in [0.1, 0.15) is 6.42 Å². The molecule has 1 unspecified atom stereocenters. The topological polar surface area (TPSA) is 55.6 Å². The summed E-state index contributed by atoms with van der Waals surface area (Å²) in [5.41, 5.74) is 6.47. The Hall–Kier alpha value is -0.820. The van der Waals surface area contributed by atoms with Gasteiger partial charge in [0, 0.05) is 16.5 Å². The molecule has 17 heavy (non-hydrogen) atoms. The number of ether oxygens (including phenoxy) is 1. The molecule has 1 aromatic rings. The Bertz CT molecular complexity index is 437. The average Bonchev–Trinajstić information content (AvgIpc) is 2.70. The van der Waals surface area contributed by atoms with E-state index in [4.69, 9.17) is 10.5 Å². The number of nitrogens with zero attached hydrogens (tertiary/aromatic N) is 1. The predicted octanol–water partition coefficient (Wildman–Crippen LogP) is 1.61. The highest BCUT2D eigenvalue weighted by Crippen LogP contribution is 2.33. The van der Waals surface area contributed by atoms with Crippen molar-refractivity contribution in [3.8, 4) is 5.75 Å². The van der Waals surface area contributed by atoms with E-state index in [2.05, 4.69) is 22.6 Å². The SMILES string of the molecule is COc1ccc(I)cc1N1CC(CN)CC1=O. The first-order chi connectivity index (χ1) is 8.15. The van der Waals surface area contributed by atoms with Gasteiger partial charge in [-0.15, -0.1) is 0 Å². The number of methoxy groups -OCH3 is 1. The van der Waals surface area contributed by atoms with Crippen molar-refractivity contribution in [2.75, 3.05) is 25.1 Å². The molecule has 0 aromatic heterocycles. The lowest BCUT2D eigenvalue weighted by molar-refractivity contribution is -0.117. The maximum atomic E-state index is 11.9. The third kappa shape index (κ3) is 2.55. The van der Waals surface area contributed by atoms with Gasteiger partial charge in [-0.3, -0.25) is 4.79 Å². The predicted molar refractivity (Wildman–Crippen MR) is 75.2 cm³/mol. The van der Waals surface area contributed by atoms with Crippen LogP contribution in [0.3, 0.4) is 0 Å². The molecule has 0 aliphatic carbocycles. The summed E-state index contributed by atoms with van der Waals surface area (Å²) >= 11 is 2.23. The van der Waals surface area contributed by atoms with E-state index in [9.17, 15) is 4.79 Å². The van der Waals surface area contributed by atoms with Gasteiger partial charge in [0.1, 0.15) is 5.75 Å². The van der Waals surface area contributed by atoms with Crippen LogP contribution in [0.4, 0.5) is 5.69 Å². The number of carbonyl (C=O) groups excluding carboxylic acids is 1. The average molecular weight is 346 g/mol. The van der Waals surface area contributed by atoms with Crippen molar-refractivity contribution in [1.29, 1.82) is 0 Å². The minimum atomic E-state index is 0.126. The Kier molecular flexibility index (Phi) is 3.88. The van der Waals surface area contributed by atoms with Crippen LogP contribution in [-0.4, -0.2) is 26.1 Å². The molecule has 1 atom stereocenters. The molecule has 5 heteroatoms. The molecule has 92 valence electrons. The highest BCUT2D eigenvalue weighted by molar-refractivity contribution is 14.1. The summed E-state index contributed by atoms with van der Waals surface area (Å²) in [4.78, 5) is 13.7. The quantitative estimate of drug-likeness (QED) is 0.847. The van der Waals surface area contributed by atoms with Crippen molar-refractivity contribution in [3.05, 3.63) is 21.8 Å². The summed E-state index contributed by atoms with van der Waals surface area (Å²) in [6, 6.07) is 5.82. The van der Waals surface area contributed by atoms with E-state index in [0.717, 1.165) is 15.0 Å². The molecule has 0 spiro atoms. The van der Waals surface area contributed by atoms with E-state index >= 15 is 0 Å². The van der Waals surface area contributed by atoms with Gasteiger partial charge in [0.2, 0.25) is 5.91 Å². The minimum Gasteiger partial charge on any atom is -0.495 e. The molecule has 2 rings (SSSR count). The van der Waals surface area contributed by atoms with E-state index in [1.165, 1.54) is 0 Å². The monoisotopic (exact) mass is 346 g/mol. The number of anilines is 1. The number of nitrogens with two attached hydrogens (primary N) is 1. The number of amides is 1. The summed E-state index contributed by atoms with van der Waals surface area (Å²) in [6.45, 7) is 1.24. The van der Waals surface area contributed by atoms with Gasteiger partial charge in [-0.2, -0.15) is 0 Å². The number of hydrogen-bond donors (Lipinski definition) is 1. The van der Waals surface area contributed by atoms with Crippen molar-refractivity contribution in [2.24, 2.45) is 11.7 Å². The van der Waals surface area contributed by atoms with Crippen LogP contribution in [-0.2, 0) is 4.79 Å². The van der Waals surface area contributed by atoms with Crippen molar-refractivity contribution < 1.29 is 9.53 Å². The lowest BCUT2D eigenvalue weighted by Gasteiger charge is -2.19. The smallest absolute Gasteiger partial charge is 0.227 e. The first-order valence-electron chi connectivity index (χ1n) is 5.49. The summed E-state index contributed by atoms with van der Waals surface area (Å²) in [5.74, 6) is 1.11. The van der Waals surface area contributed by atoms with Crippen molar-refractivity contribution >= 4 is 34.2 Å². The zero-order valence-electron chi connectivity index (χ0n) is 9.65. The number of carbonyl (C=O) groups is 1. The fraction of sp³-hybridized carbons (Fsp3) is 0.417. The van der Waals surface area contributed by atoms with Gasteiger partial charge in [0.15, 0.2) is 0 Å². The molecule has 1 aliphatic heterocycles. The number of rotatable bonds is 3. The Morgan fingerprint density at radius 1 is 1.59 bits per heavy atom. The van der Waals surface area contributed by atoms with Crippen LogP contribution in [0.2, 0.25) is 0 Å². The van der Waals surface area contributed by atoms with E-state index in [1.807, 2.05) is 18.2 Å². The Morgan fingerprint density at radius 3 is 2.94 bits per heavy atom. The Balaban J connectivity index is 2.33. The number of halogens is 1. The third-order valence-electron chi connectivity index (χ3n) is 2.97. The maximum Gasteiger partial charge on any atom is 0.227 e. The molecular weight excluding hydrogens is 331 g/mol. The van der Waals surface area contributed by atoms with E-state index < -0.39 is 0 Å². The van der Waals surface area contributed by atoms with Crippen molar-refractivity contribution in [3.63, 3.8) is 0 Å². The van der Waals surface area contributed by atoms with E-state index in [0.29, 0.717) is 19.5 Å². The van der Waals surface area contributed by atoms with E-state index in [-0.39, 0.29) is 11.8 Å². The fourth-order valence-corrected chi connectivity index (χ4v) is 2.52. The Labute approximate surface area is 114 Å². The molecule has 0 radical (unpaired) electrons. The maximum absolute atomic E-state index is 11.9. The van der Waals surface area contributed by atoms with Crippen LogP contribution in [0.5, 0.6) is 5.75 Å². The second kappa shape index (κ2) is 5.22. The lowest BCUT2D eigenvalue weighted by Crippen LogP contribution is -2.26. The Morgan fingerprint density at radius 2 is 2.35 bits per heavy atom. The van der Waals surface area contributed by atoms with Gasteiger partial charge in [-0.1, -0.05) is 0 Å². The summed E-state index contributed by atoms with van der Waals surface area (Å²) in [6.07, 6.45) is 0.533. The molecule has 1 fully saturated rings. The standard InChI is InChI=1S/C12H15IN2O2/c1-17-11-3-2-9(13)5-10(11)15-7-8(6-14)4-12(15)16/h2-3,5,8H,4,6-7,14H2,1H3. The van der Waals surface area contributed by atoms with Crippen LogP contribution >= 0.6 is 22.6 Å². The first-order valence-corrected chi connectivity index (χ1v) is 6.57. The molecule has 1 aromatic carbocycles. The highest BCUT2D eigenvalue weighted by atomic mass is 127. The zero-order chi connectivity index (χ0) is 12.4. The first kappa shape index (κ1) is 12.6. The molecule has 1 heterocycles. The molecule has 1 saturated heterocycles. The lowest BCUT2D eigenvalue weighted by atomic mass is 10.1. The zero-order valence-corrected chi connectivity index (χ0v) is 11.8. The van der Waals surface area contributed by atoms with Crippen molar-refractivity contribution in [2.45, 2.75) is 6.42 Å². The van der Waals surface area contributed by atoms with Gasteiger partial charge in [0.25, 0.3) is 0 Å². The number of hydrogen-bond acceptors (Lipinski definition) is 3. The van der Waals surface area contributed by atoms with Gasteiger partial charge in [-0.05, 0) is 53.3 Å². The second-order valence-electron chi connectivity index (χ2n) is 4.13. The minimum absolute atomic E-state index is 0.126. The van der Waals surface area contributed by atoms with E-state index in [1.54, 1.807) is 12.0 Å². The van der Waals surface area contributed by atoms with Crippen LogP contribution < -0.4 is 15.4 Å². The van der Waals surface area contributed by atoms with Crippen LogP contribution in [0.25, 0.3) is 0 Å². The summed E-state index contributed by atoms with van der Waals surface area (Å²) < 4.78 is 6.39. The molecule has 4 nitrogen and oxygen atoms in total. The molecule has 2 N–H and O–H groups in total. The van der Waals surface area contributed by atoms with Gasteiger partial charge < -0.3 is 15.4 Å². The molecule has 0 bridgehead atoms. The summed E-state index contributed by atoms with van der Waals surface area (Å²) in [7, 11) is 1.62. The van der Waals surface area contributed by atoms with Gasteiger partial charge in [-0.25, -0.2) is 0 Å². The summed E-state index contributed by atoms with van der Waals surface area (Å²) in [5, 5.41) is 0. The molecular formula is C12H15IN2O2. The fourth-order valence-electron chi connectivity index (χ4n) is 2.05. The van der Waals surface area contributed by atoms with Gasteiger partial charge >= 0.3 is 0 Å². The molecule has 1 aliphatic rings. The number of benzene rings is 1. The molecule has 1 amide bonds. The largest absolute Gasteiger partial charge is 0.495 e. The van der Waals surface area contributed by atoms with Crippen LogP contribution in [0, 0.1) is 9.49 Å². The van der Waals surface area contributed by atoms with Crippen molar-refractivity contribution in [1.82, 2.24) is 0 Å².